The molecule has 0 spiro atoms. The number of hydrogen-bond acceptors (Lipinski definition) is 5. The highest BCUT2D eigenvalue weighted by atomic mass is 19.1. The number of fused-ring (bicyclic) bond motifs is 1. The van der Waals surface area contributed by atoms with Gasteiger partial charge in [0.15, 0.2) is 0 Å². The highest BCUT2D eigenvalue weighted by molar-refractivity contribution is 5.89. The summed E-state index contributed by atoms with van der Waals surface area (Å²) in [6.45, 7) is 6.37. The van der Waals surface area contributed by atoms with Crippen LogP contribution in [0.1, 0.15) is 12.8 Å². The van der Waals surface area contributed by atoms with Crippen molar-refractivity contribution in [3.63, 3.8) is 0 Å². The van der Waals surface area contributed by atoms with Gasteiger partial charge in [0, 0.05) is 43.5 Å². The quantitative estimate of drug-likeness (QED) is 0.715. The molecule has 7 heteroatoms. The standard InChI is InChI=1S/C22H27FN6/c1-15(29(4)19-5-7-27(2)8-6-19)26-22-11-17-9-16(18-12-25-28(3)14-18)10-21(23)20(17)13-24-22/h9-14,19H,1,5-8H2,2-4H3,(H,24,26). The lowest BCUT2D eigenvalue weighted by Crippen LogP contribution is -2.42. The van der Waals surface area contributed by atoms with Gasteiger partial charge in [0.1, 0.15) is 11.6 Å². The molecule has 29 heavy (non-hydrogen) atoms. The Bertz CT molecular complexity index is 1030. The summed E-state index contributed by atoms with van der Waals surface area (Å²) in [5.74, 6) is 1.17. The summed E-state index contributed by atoms with van der Waals surface area (Å²) in [5, 5.41) is 8.76. The lowest BCUT2D eigenvalue weighted by Gasteiger charge is -2.37. The maximum atomic E-state index is 14.6. The van der Waals surface area contributed by atoms with Gasteiger partial charge in [-0.3, -0.25) is 4.68 Å². The lowest BCUT2D eigenvalue weighted by atomic mass is 10.0. The first-order chi connectivity index (χ1) is 13.9. The fourth-order valence-corrected chi connectivity index (χ4v) is 3.86. The van der Waals surface area contributed by atoms with Crippen LogP contribution in [0.15, 0.2) is 49.2 Å². The van der Waals surface area contributed by atoms with Crippen molar-refractivity contribution in [3.05, 3.63) is 55.0 Å². The fraction of sp³-hybridized carbons (Fsp3) is 0.364. The minimum atomic E-state index is -0.289. The SMILES string of the molecule is C=C(Nc1cc2cc(-c3cnn(C)c3)cc(F)c2cn1)N(C)C1CCN(C)CC1. The number of anilines is 1. The number of likely N-dealkylation sites (tertiary alicyclic amines) is 1. The number of aromatic nitrogens is 3. The van der Waals surface area contributed by atoms with E-state index in [4.69, 9.17) is 0 Å². The third-order valence-electron chi connectivity index (χ3n) is 5.76. The van der Waals surface area contributed by atoms with E-state index in [0.717, 1.165) is 48.3 Å². The van der Waals surface area contributed by atoms with E-state index in [9.17, 15) is 4.39 Å². The smallest absolute Gasteiger partial charge is 0.133 e. The molecule has 1 N–H and O–H groups in total. The zero-order valence-electron chi connectivity index (χ0n) is 17.2. The van der Waals surface area contributed by atoms with Crippen LogP contribution in [0, 0.1) is 5.82 Å². The molecular formula is C22H27FN6. The van der Waals surface area contributed by atoms with Gasteiger partial charge in [0.05, 0.1) is 12.0 Å². The van der Waals surface area contributed by atoms with E-state index in [1.807, 2.05) is 25.4 Å². The number of nitrogens with zero attached hydrogens (tertiary/aromatic N) is 5. The van der Waals surface area contributed by atoms with Crippen LogP contribution in [-0.2, 0) is 7.05 Å². The maximum Gasteiger partial charge on any atom is 0.133 e. The number of hydrogen-bond donors (Lipinski definition) is 1. The minimum Gasteiger partial charge on any atom is -0.359 e. The Labute approximate surface area is 170 Å². The Balaban J connectivity index is 1.55. The molecule has 4 rings (SSSR count). The molecule has 1 aliphatic rings. The fourth-order valence-electron chi connectivity index (χ4n) is 3.86. The maximum absolute atomic E-state index is 14.6. The Kier molecular flexibility index (Phi) is 5.24. The molecule has 0 atom stereocenters. The summed E-state index contributed by atoms with van der Waals surface area (Å²) in [6.07, 6.45) is 7.40. The average molecular weight is 394 g/mol. The monoisotopic (exact) mass is 394 g/mol. The zero-order valence-corrected chi connectivity index (χ0v) is 17.2. The van der Waals surface area contributed by atoms with Gasteiger partial charge >= 0.3 is 0 Å². The van der Waals surface area contributed by atoms with Crippen molar-refractivity contribution >= 4 is 16.6 Å². The van der Waals surface area contributed by atoms with Crippen molar-refractivity contribution in [3.8, 4) is 11.1 Å². The second-order valence-electron chi connectivity index (χ2n) is 7.87. The normalized spacial score (nSPS) is 15.6. The van der Waals surface area contributed by atoms with E-state index in [0.29, 0.717) is 17.2 Å². The molecule has 1 saturated heterocycles. The van der Waals surface area contributed by atoms with Crippen molar-refractivity contribution in [2.24, 2.45) is 7.05 Å². The van der Waals surface area contributed by atoms with E-state index in [1.54, 1.807) is 17.1 Å². The van der Waals surface area contributed by atoms with Gasteiger partial charge in [0.25, 0.3) is 0 Å². The van der Waals surface area contributed by atoms with Crippen LogP contribution in [-0.4, -0.2) is 57.8 Å². The van der Waals surface area contributed by atoms with Crippen LogP contribution in [0.3, 0.4) is 0 Å². The van der Waals surface area contributed by atoms with E-state index >= 15 is 0 Å². The molecule has 3 heterocycles. The first-order valence-corrected chi connectivity index (χ1v) is 9.86. The number of piperidine rings is 1. The van der Waals surface area contributed by atoms with Gasteiger partial charge in [-0.15, -0.1) is 0 Å². The molecule has 0 unspecified atom stereocenters. The number of nitrogens with one attached hydrogen (secondary N) is 1. The second kappa shape index (κ2) is 7.83. The largest absolute Gasteiger partial charge is 0.359 e. The van der Waals surface area contributed by atoms with Crippen molar-refractivity contribution in [1.82, 2.24) is 24.6 Å². The Hall–Kier alpha value is -2.93. The number of halogens is 1. The molecule has 0 aliphatic carbocycles. The van der Waals surface area contributed by atoms with E-state index < -0.39 is 0 Å². The molecule has 0 bridgehead atoms. The van der Waals surface area contributed by atoms with E-state index in [1.165, 1.54) is 6.07 Å². The molecule has 1 aromatic carbocycles. The second-order valence-corrected chi connectivity index (χ2v) is 7.87. The summed E-state index contributed by atoms with van der Waals surface area (Å²) >= 11 is 0. The van der Waals surface area contributed by atoms with Gasteiger partial charge < -0.3 is 15.1 Å². The summed E-state index contributed by atoms with van der Waals surface area (Å²) in [7, 11) is 6.06. The van der Waals surface area contributed by atoms with Crippen molar-refractivity contribution in [1.29, 1.82) is 0 Å². The first-order valence-electron chi connectivity index (χ1n) is 9.86. The number of rotatable bonds is 5. The summed E-state index contributed by atoms with van der Waals surface area (Å²) in [5.41, 5.74) is 1.67. The molecule has 0 saturated carbocycles. The number of benzene rings is 1. The van der Waals surface area contributed by atoms with E-state index in [-0.39, 0.29) is 5.82 Å². The van der Waals surface area contributed by atoms with Crippen LogP contribution in [0.25, 0.3) is 21.9 Å². The molecule has 3 aromatic rings. The van der Waals surface area contributed by atoms with Crippen LogP contribution < -0.4 is 5.32 Å². The molecule has 1 fully saturated rings. The van der Waals surface area contributed by atoms with Gasteiger partial charge in [-0.2, -0.15) is 5.10 Å². The molecule has 2 aromatic heterocycles. The van der Waals surface area contributed by atoms with Crippen LogP contribution in [0.4, 0.5) is 10.2 Å². The van der Waals surface area contributed by atoms with Gasteiger partial charge in [-0.05, 0) is 62.1 Å². The topological polar surface area (TPSA) is 49.2 Å². The van der Waals surface area contributed by atoms with Gasteiger partial charge in [-0.25, -0.2) is 9.37 Å². The summed E-state index contributed by atoms with van der Waals surface area (Å²) < 4.78 is 16.3. The average Bonchev–Trinajstić information content (AvgIpc) is 3.14. The van der Waals surface area contributed by atoms with Gasteiger partial charge in [-0.1, -0.05) is 6.58 Å². The Morgan fingerprint density at radius 3 is 2.62 bits per heavy atom. The molecule has 0 amide bonds. The third-order valence-corrected chi connectivity index (χ3v) is 5.76. The molecule has 0 radical (unpaired) electrons. The number of aryl methyl sites for hydroxylation is 1. The van der Waals surface area contributed by atoms with Crippen LogP contribution in [0.5, 0.6) is 0 Å². The minimum absolute atomic E-state index is 0.289. The summed E-state index contributed by atoms with van der Waals surface area (Å²) in [4.78, 5) is 8.92. The first kappa shape index (κ1) is 19.4. The van der Waals surface area contributed by atoms with Crippen LogP contribution >= 0.6 is 0 Å². The molecule has 1 aliphatic heterocycles. The van der Waals surface area contributed by atoms with Crippen molar-refractivity contribution < 1.29 is 4.39 Å². The highest BCUT2D eigenvalue weighted by Gasteiger charge is 2.21. The molecule has 6 nitrogen and oxygen atoms in total. The predicted molar refractivity (Wildman–Crippen MR) is 115 cm³/mol. The van der Waals surface area contributed by atoms with Crippen molar-refractivity contribution in [2.45, 2.75) is 18.9 Å². The molecular weight excluding hydrogens is 367 g/mol. The van der Waals surface area contributed by atoms with Crippen molar-refractivity contribution in [2.75, 3.05) is 32.5 Å². The highest BCUT2D eigenvalue weighted by Crippen LogP contribution is 2.28. The lowest BCUT2D eigenvalue weighted by molar-refractivity contribution is 0.172. The predicted octanol–water partition coefficient (Wildman–Crippen LogP) is 3.68. The zero-order chi connectivity index (χ0) is 20.5. The third kappa shape index (κ3) is 4.10. The van der Waals surface area contributed by atoms with E-state index in [2.05, 4.69) is 45.9 Å². The van der Waals surface area contributed by atoms with Crippen LogP contribution in [0.2, 0.25) is 0 Å². The Morgan fingerprint density at radius 1 is 1.17 bits per heavy atom. The Morgan fingerprint density at radius 2 is 1.93 bits per heavy atom. The number of pyridine rings is 1. The summed E-state index contributed by atoms with van der Waals surface area (Å²) in [6, 6.07) is 5.82. The molecule has 152 valence electrons. The van der Waals surface area contributed by atoms with Gasteiger partial charge in [0.2, 0.25) is 0 Å².